The van der Waals surface area contributed by atoms with E-state index in [2.05, 4.69) is 10.6 Å². The molecule has 5 nitrogen and oxygen atoms in total. The summed E-state index contributed by atoms with van der Waals surface area (Å²) in [6.07, 6.45) is 6.86. The molecule has 0 aromatic heterocycles. The van der Waals surface area contributed by atoms with E-state index >= 15 is 0 Å². The predicted molar refractivity (Wildman–Crippen MR) is 68.8 cm³/mol. The van der Waals surface area contributed by atoms with Gasteiger partial charge in [0.2, 0.25) is 11.8 Å². The van der Waals surface area contributed by atoms with Gasteiger partial charge in [0.15, 0.2) is 0 Å². The van der Waals surface area contributed by atoms with E-state index in [-0.39, 0.29) is 17.4 Å². The molecule has 0 saturated heterocycles. The fraction of sp³-hybridized carbons (Fsp3) is 0.846. The van der Waals surface area contributed by atoms with Gasteiger partial charge in [-0.3, -0.25) is 9.59 Å². The van der Waals surface area contributed by atoms with E-state index in [9.17, 15) is 9.59 Å². The monoisotopic (exact) mass is 253 g/mol. The van der Waals surface area contributed by atoms with Crippen LogP contribution >= 0.6 is 0 Å². The van der Waals surface area contributed by atoms with Gasteiger partial charge in [0.25, 0.3) is 0 Å². The molecule has 0 radical (unpaired) electrons. The van der Waals surface area contributed by atoms with E-state index < -0.39 is 0 Å². The van der Waals surface area contributed by atoms with Gasteiger partial charge in [-0.15, -0.1) is 0 Å². The summed E-state index contributed by atoms with van der Waals surface area (Å²) < 4.78 is 0. The lowest BCUT2D eigenvalue weighted by Gasteiger charge is -2.37. The number of amides is 2. The van der Waals surface area contributed by atoms with Crippen LogP contribution in [0.5, 0.6) is 0 Å². The van der Waals surface area contributed by atoms with E-state index in [4.69, 9.17) is 5.73 Å². The third kappa shape index (κ3) is 4.29. The van der Waals surface area contributed by atoms with Crippen molar-refractivity contribution in [3.05, 3.63) is 0 Å². The van der Waals surface area contributed by atoms with Crippen molar-refractivity contribution in [2.45, 2.75) is 62.9 Å². The number of rotatable bonds is 7. The number of hydrogen-bond acceptors (Lipinski definition) is 3. The molecule has 0 spiro atoms. The zero-order valence-corrected chi connectivity index (χ0v) is 10.8. The first kappa shape index (κ1) is 13.3. The first-order valence-electron chi connectivity index (χ1n) is 6.92. The van der Waals surface area contributed by atoms with Gasteiger partial charge in [0, 0.05) is 31.0 Å². The van der Waals surface area contributed by atoms with Gasteiger partial charge in [-0.2, -0.15) is 0 Å². The largest absolute Gasteiger partial charge is 0.356 e. The molecule has 0 atom stereocenters. The third-order valence-corrected chi connectivity index (χ3v) is 3.71. The molecule has 2 amide bonds. The number of hydrogen-bond donors (Lipinski definition) is 3. The lowest BCUT2D eigenvalue weighted by molar-refractivity contribution is -0.124. The topological polar surface area (TPSA) is 84.2 Å². The number of carbonyl (C=O) groups is 2. The molecule has 0 aliphatic heterocycles. The quantitative estimate of drug-likeness (QED) is 0.575. The average Bonchev–Trinajstić information content (AvgIpc) is 3.06. The molecule has 102 valence electrons. The molecular weight excluding hydrogens is 230 g/mol. The number of nitrogens with two attached hydrogens (primary N) is 1. The summed E-state index contributed by atoms with van der Waals surface area (Å²) in [5.41, 5.74) is 5.74. The van der Waals surface area contributed by atoms with Gasteiger partial charge in [-0.25, -0.2) is 0 Å². The van der Waals surface area contributed by atoms with Crippen LogP contribution < -0.4 is 16.4 Å². The summed E-state index contributed by atoms with van der Waals surface area (Å²) in [6, 6.07) is 0.419. The van der Waals surface area contributed by atoms with E-state index in [1.165, 1.54) is 0 Å². The van der Waals surface area contributed by atoms with E-state index in [0.29, 0.717) is 31.8 Å². The highest BCUT2D eigenvalue weighted by molar-refractivity contribution is 5.78. The van der Waals surface area contributed by atoms with Gasteiger partial charge in [-0.1, -0.05) is 0 Å². The van der Waals surface area contributed by atoms with Gasteiger partial charge in [-0.05, 0) is 38.5 Å². The molecule has 0 heterocycles. The second-order valence-electron chi connectivity index (χ2n) is 5.69. The minimum atomic E-state index is -0.257. The highest BCUT2D eigenvalue weighted by atomic mass is 16.2. The van der Waals surface area contributed by atoms with Gasteiger partial charge < -0.3 is 16.4 Å². The van der Waals surface area contributed by atoms with E-state index in [1.54, 1.807) is 0 Å². The first-order valence-corrected chi connectivity index (χ1v) is 6.92. The maximum Gasteiger partial charge on any atom is 0.221 e. The van der Waals surface area contributed by atoms with Crippen LogP contribution in [0.1, 0.15) is 51.4 Å². The minimum Gasteiger partial charge on any atom is -0.356 e. The van der Waals surface area contributed by atoms with Crippen molar-refractivity contribution < 1.29 is 9.59 Å². The Kier molecular flexibility index (Phi) is 4.22. The molecule has 2 aliphatic rings. The van der Waals surface area contributed by atoms with Crippen molar-refractivity contribution in [2.24, 2.45) is 5.73 Å². The lowest BCUT2D eigenvalue weighted by atomic mass is 9.75. The number of carbonyl (C=O) groups excluding carboxylic acids is 2. The Bertz CT molecular complexity index is 322. The third-order valence-electron chi connectivity index (χ3n) is 3.71. The summed E-state index contributed by atoms with van der Waals surface area (Å²) in [7, 11) is 0. The van der Waals surface area contributed by atoms with Crippen LogP contribution in [0.4, 0.5) is 0 Å². The standard InChI is InChI=1S/C13H23N3O2/c14-13(6-2-7-13)9-12(18)15-8-1-3-11(17)16-10-4-5-10/h10H,1-9,14H2,(H,15,18)(H,16,17). The normalized spacial score (nSPS) is 20.9. The van der Waals surface area contributed by atoms with Gasteiger partial charge in [0.05, 0.1) is 0 Å². The van der Waals surface area contributed by atoms with Crippen molar-refractivity contribution in [2.75, 3.05) is 6.54 Å². The second-order valence-corrected chi connectivity index (χ2v) is 5.69. The Morgan fingerprint density at radius 2 is 1.94 bits per heavy atom. The average molecular weight is 253 g/mol. The Labute approximate surface area is 108 Å². The first-order chi connectivity index (χ1) is 8.57. The Morgan fingerprint density at radius 3 is 2.50 bits per heavy atom. The molecule has 0 aromatic carbocycles. The van der Waals surface area contributed by atoms with Crippen molar-refractivity contribution >= 4 is 11.8 Å². The molecule has 5 heteroatoms. The zero-order valence-electron chi connectivity index (χ0n) is 10.8. The van der Waals surface area contributed by atoms with E-state index in [0.717, 1.165) is 32.1 Å². The highest BCUT2D eigenvalue weighted by Gasteiger charge is 2.34. The molecule has 18 heavy (non-hydrogen) atoms. The van der Waals surface area contributed by atoms with Crippen LogP contribution in [0.2, 0.25) is 0 Å². The number of nitrogens with one attached hydrogen (secondary N) is 2. The minimum absolute atomic E-state index is 0.0137. The molecule has 2 rings (SSSR count). The summed E-state index contributed by atoms with van der Waals surface area (Å²) >= 11 is 0. The van der Waals surface area contributed by atoms with Crippen LogP contribution in [-0.2, 0) is 9.59 Å². The second kappa shape index (κ2) is 5.69. The zero-order chi connectivity index (χ0) is 13.0. The lowest BCUT2D eigenvalue weighted by Crippen LogP contribution is -2.50. The van der Waals surface area contributed by atoms with Crippen molar-refractivity contribution in [1.82, 2.24) is 10.6 Å². The van der Waals surface area contributed by atoms with E-state index in [1.807, 2.05) is 0 Å². The highest BCUT2D eigenvalue weighted by Crippen LogP contribution is 2.31. The molecule has 4 N–H and O–H groups in total. The Balaban J connectivity index is 1.49. The molecule has 2 saturated carbocycles. The summed E-state index contributed by atoms with van der Waals surface area (Å²) in [6.45, 7) is 0.562. The molecule has 0 unspecified atom stereocenters. The van der Waals surface area contributed by atoms with Crippen molar-refractivity contribution in [3.63, 3.8) is 0 Å². The molecule has 0 bridgehead atoms. The molecule has 2 aliphatic carbocycles. The fourth-order valence-electron chi connectivity index (χ4n) is 2.19. The van der Waals surface area contributed by atoms with Crippen LogP contribution in [-0.4, -0.2) is 29.9 Å². The smallest absolute Gasteiger partial charge is 0.221 e. The Hall–Kier alpha value is -1.10. The molecular formula is C13H23N3O2. The summed E-state index contributed by atoms with van der Waals surface area (Å²) in [4.78, 5) is 23.0. The van der Waals surface area contributed by atoms with Crippen molar-refractivity contribution in [1.29, 1.82) is 0 Å². The Morgan fingerprint density at radius 1 is 1.22 bits per heavy atom. The summed E-state index contributed by atoms with van der Waals surface area (Å²) in [5, 5.41) is 5.76. The van der Waals surface area contributed by atoms with Crippen LogP contribution in [0.15, 0.2) is 0 Å². The van der Waals surface area contributed by atoms with Crippen LogP contribution in [0.25, 0.3) is 0 Å². The van der Waals surface area contributed by atoms with Crippen molar-refractivity contribution in [3.8, 4) is 0 Å². The van der Waals surface area contributed by atoms with Crippen LogP contribution in [0.3, 0.4) is 0 Å². The van der Waals surface area contributed by atoms with Gasteiger partial charge >= 0.3 is 0 Å². The summed E-state index contributed by atoms with van der Waals surface area (Å²) in [5.74, 6) is 0.112. The maximum absolute atomic E-state index is 11.6. The van der Waals surface area contributed by atoms with Gasteiger partial charge in [0.1, 0.15) is 0 Å². The SMILES string of the molecule is NC1(CC(=O)NCCCC(=O)NC2CC2)CCC1. The predicted octanol–water partition coefficient (Wildman–Crippen LogP) is 0.433. The molecule has 2 fully saturated rings. The maximum atomic E-state index is 11.6. The molecule has 0 aromatic rings. The fourth-order valence-corrected chi connectivity index (χ4v) is 2.19. The van der Waals surface area contributed by atoms with Crippen LogP contribution in [0, 0.1) is 0 Å².